The maximum absolute atomic E-state index is 12.7. The van der Waals surface area contributed by atoms with E-state index in [2.05, 4.69) is 14.7 Å². The number of unbranched alkanes of at least 4 members (excludes halogenated alkanes) is 1. The molecule has 11 nitrogen and oxygen atoms in total. The van der Waals surface area contributed by atoms with Crippen LogP contribution in [0.1, 0.15) is 62.0 Å². The number of furan rings is 1. The van der Waals surface area contributed by atoms with Gasteiger partial charge in [0.05, 0.1) is 19.8 Å². The summed E-state index contributed by atoms with van der Waals surface area (Å²) in [7, 11) is 1.23. The lowest BCUT2D eigenvalue weighted by Gasteiger charge is -2.11. The molecule has 0 fully saturated rings. The highest BCUT2D eigenvalue weighted by Gasteiger charge is 2.21. The summed E-state index contributed by atoms with van der Waals surface area (Å²) >= 11 is 0. The fourth-order valence-electron chi connectivity index (χ4n) is 3.66. The molecule has 11 heteroatoms. The van der Waals surface area contributed by atoms with Crippen LogP contribution in [0.15, 0.2) is 26.3 Å². The van der Waals surface area contributed by atoms with Crippen LogP contribution in [0.5, 0.6) is 0 Å². The van der Waals surface area contributed by atoms with Crippen LogP contribution in [0.25, 0.3) is 11.2 Å². The predicted octanol–water partition coefficient (Wildman–Crippen LogP) is 2.40. The molecule has 0 aliphatic heterocycles. The number of imidazole rings is 1. The van der Waals surface area contributed by atoms with Gasteiger partial charge < -0.3 is 18.5 Å². The third-order valence-corrected chi connectivity index (χ3v) is 5.31. The number of rotatable bonds is 11. The normalized spacial score (nSPS) is 11.3. The molecule has 3 heterocycles. The summed E-state index contributed by atoms with van der Waals surface area (Å²) in [5.74, 6) is -0.439. The minimum absolute atomic E-state index is 0.00389. The number of aromatic nitrogens is 4. The van der Waals surface area contributed by atoms with E-state index in [1.165, 1.54) is 24.0 Å². The number of esters is 2. The number of aromatic amines is 1. The largest absolute Gasteiger partial charge is 0.463 e. The molecule has 3 rings (SSSR count). The molecule has 0 atom stereocenters. The fraction of sp³-hybridized carbons (Fsp3) is 0.522. The van der Waals surface area contributed by atoms with Crippen molar-refractivity contribution < 1.29 is 23.5 Å². The molecular weight excluding hydrogens is 444 g/mol. The maximum atomic E-state index is 12.7. The van der Waals surface area contributed by atoms with E-state index in [1.54, 1.807) is 4.57 Å². The Balaban J connectivity index is 1.82. The van der Waals surface area contributed by atoms with E-state index in [-0.39, 0.29) is 31.1 Å². The Hall–Kier alpha value is -3.63. The van der Waals surface area contributed by atoms with Crippen molar-refractivity contribution in [3.63, 3.8) is 0 Å². The number of hydrogen-bond acceptors (Lipinski definition) is 8. The lowest BCUT2D eigenvalue weighted by molar-refractivity contribution is -0.145. The Morgan fingerprint density at radius 3 is 2.68 bits per heavy atom. The summed E-state index contributed by atoms with van der Waals surface area (Å²) < 4.78 is 18.3. The molecule has 3 aromatic rings. The van der Waals surface area contributed by atoms with Gasteiger partial charge in [0.1, 0.15) is 12.4 Å². The van der Waals surface area contributed by atoms with Gasteiger partial charge in [-0.1, -0.05) is 27.2 Å². The minimum Gasteiger partial charge on any atom is -0.463 e. The zero-order valence-corrected chi connectivity index (χ0v) is 19.9. The van der Waals surface area contributed by atoms with Crippen molar-refractivity contribution in [3.05, 3.63) is 50.3 Å². The van der Waals surface area contributed by atoms with Gasteiger partial charge in [0.15, 0.2) is 11.2 Å². The Morgan fingerprint density at radius 1 is 1.24 bits per heavy atom. The van der Waals surface area contributed by atoms with E-state index in [4.69, 9.17) is 9.15 Å². The van der Waals surface area contributed by atoms with E-state index in [9.17, 15) is 19.2 Å². The van der Waals surface area contributed by atoms with Crippen molar-refractivity contribution in [2.75, 3.05) is 7.11 Å². The summed E-state index contributed by atoms with van der Waals surface area (Å²) in [5, 5.41) is 0. The Morgan fingerprint density at radius 2 is 2.00 bits per heavy atom. The summed E-state index contributed by atoms with van der Waals surface area (Å²) in [6, 6.07) is 1.53. The van der Waals surface area contributed by atoms with Crippen molar-refractivity contribution in [3.8, 4) is 0 Å². The van der Waals surface area contributed by atoms with Crippen molar-refractivity contribution in [2.45, 2.75) is 66.2 Å². The summed E-state index contributed by atoms with van der Waals surface area (Å²) in [4.78, 5) is 56.1. The smallest absolute Gasteiger partial charge is 0.374 e. The van der Waals surface area contributed by atoms with Crippen molar-refractivity contribution in [1.29, 1.82) is 0 Å². The van der Waals surface area contributed by atoms with E-state index in [1.807, 2.05) is 20.8 Å². The average Bonchev–Trinajstić information content (AvgIpc) is 3.40. The molecule has 34 heavy (non-hydrogen) atoms. The third-order valence-electron chi connectivity index (χ3n) is 5.31. The third kappa shape index (κ3) is 5.46. The number of carbonyl (C=O) groups is 2. The van der Waals surface area contributed by atoms with E-state index in [0.29, 0.717) is 35.6 Å². The first-order chi connectivity index (χ1) is 16.3. The molecular formula is C23H30N4O7. The molecule has 0 aliphatic rings. The Labute approximate surface area is 195 Å². The SMILES string of the molecule is CCCCn1c(=O)[nH]c(=O)c2c1nc(CCC(=O)OCc1ccoc1C(=O)OC)n2CC(C)C. The number of ether oxygens (including phenoxy) is 2. The summed E-state index contributed by atoms with van der Waals surface area (Å²) in [5.41, 5.74) is 0.0672. The second-order valence-corrected chi connectivity index (χ2v) is 8.40. The van der Waals surface area contributed by atoms with Gasteiger partial charge in [-0.3, -0.25) is 19.1 Å². The highest BCUT2D eigenvalue weighted by molar-refractivity contribution is 5.87. The molecule has 0 saturated carbocycles. The predicted molar refractivity (Wildman–Crippen MR) is 123 cm³/mol. The van der Waals surface area contributed by atoms with Crippen LogP contribution in [0, 0.1) is 5.92 Å². The molecule has 0 spiro atoms. The van der Waals surface area contributed by atoms with Gasteiger partial charge in [-0.15, -0.1) is 0 Å². The molecule has 0 unspecified atom stereocenters. The lowest BCUT2D eigenvalue weighted by atomic mass is 10.2. The minimum atomic E-state index is -0.655. The van der Waals surface area contributed by atoms with E-state index >= 15 is 0 Å². The topological polar surface area (TPSA) is 138 Å². The standard InChI is InChI=1S/C23H30N4O7/c1-5-6-10-26-20-18(21(29)25-23(26)31)27(12-14(2)3)16(24-20)7-8-17(28)34-13-15-9-11-33-19(15)22(30)32-4/h9,11,14H,5-8,10,12-13H2,1-4H3,(H,25,29,31). The van der Waals surface area contributed by atoms with Crippen molar-refractivity contribution in [2.24, 2.45) is 5.92 Å². The molecule has 0 bridgehead atoms. The highest BCUT2D eigenvalue weighted by atomic mass is 16.5. The van der Waals surface area contributed by atoms with Crippen molar-refractivity contribution in [1.82, 2.24) is 19.1 Å². The number of H-pyrrole nitrogens is 1. The van der Waals surface area contributed by atoms with Gasteiger partial charge in [-0.05, 0) is 18.4 Å². The summed E-state index contributed by atoms with van der Waals surface area (Å²) in [6.45, 7) is 6.84. The first-order valence-electron chi connectivity index (χ1n) is 11.3. The molecule has 3 aromatic heterocycles. The molecule has 0 saturated heterocycles. The van der Waals surface area contributed by atoms with Gasteiger partial charge in [0.2, 0.25) is 5.76 Å². The highest BCUT2D eigenvalue weighted by Crippen LogP contribution is 2.17. The van der Waals surface area contributed by atoms with Crippen LogP contribution >= 0.6 is 0 Å². The van der Waals surface area contributed by atoms with Gasteiger partial charge in [0.25, 0.3) is 5.56 Å². The number of nitrogens with zero attached hydrogens (tertiary/aromatic N) is 3. The van der Waals surface area contributed by atoms with Gasteiger partial charge in [-0.2, -0.15) is 0 Å². The molecule has 1 N–H and O–H groups in total. The van der Waals surface area contributed by atoms with Gasteiger partial charge >= 0.3 is 17.6 Å². The molecule has 0 aromatic carbocycles. The monoisotopic (exact) mass is 474 g/mol. The van der Waals surface area contributed by atoms with Gasteiger partial charge in [-0.25, -0.2) is 14.6 Å². The number of methoxy groups -OCH3 is 1. The fourth-order valence-corrected chi connectivity index (χ4v) is 3.66. The van der Waals surface area contributed by atoms with E-state index < -0.39 is 23.2 Å². The Bertz CT molecular complexity index is 1280. The zero-order valence-electron chi connectivity index (χ0n) is 19.9. The number of carbonyl (C=O) groups excluding carboxylic acids is 2. The number of aryl methyl sites for hydroxylation is 2. The zero-order chi connectivity index (χ0) is 24.8. The molecule has 184 valence electrons. The molecule has 0 amide bonds. The van der Waals surface area contributed by atoms with Crippen LogP contribution in [-0.2, 0) is 40.4 Å². The average molecular weight is 475 g/mol. The van der Waals surface area contributed by atoms with Crippen LogP contribution < -0.4 is 11.2 Å². The van der Waals surface area contributed by atoms with Crippen LogP contribution in [0.2, 0.25) is 0 Å². The quantitative estimate of drug-likeness (QED) is 0.418. The number of hydrogen-bond donors (Lipinski definition) is 1. The first kappa shape index (κ1) is 25.0. The molecule has 0 aliphatic carbocycles. The van der Waals surface area contributed by atoms with Crippen LogP contribution in [0.4, 0.5) is 0 Å². The number of nitrogens with one attached hydrogen (secondary N) is 1. The van der Waals surface area contributed by atoms with E-state index in [0.717, 1.165) is 12.8 Å². The number of fused-ring (bicyclic) bond motifs is 1. The van der Waals surface area contributed by atoms with Crippen LogP contribution in [0.3, 0.4) is 0 Å². The summed E-state index contributed by atoms with van der Waals surface area (Å²) in [6.07, 6.45) is 3.19. The maximum Gasteiger partial charge on any atom is 0.374 e. The van der Waals surface area contributed by atoms with Crippen LogP contribution in [-0.4, -0.2) is 38.2 Å². The first-order valence-corrected chi connectivity index (χ1v) is 11.3. The second kappa shape index (κ2) is 11.0. The second-order valence-electron chi connectivity index (χ2n) is 8.40. The van der Waals surface area contributed by atoms with Crippen molar-refractivity contribution >= 4 is 23.1 Å². The lowest BCUT2D eigenvalue weighted by Crippen LogP contribution is -2.31. The Kier molecular flexibility index (Phi) is 8.08. The van der Waals surface area contributed by atoms with Gasteiger partial charge in [0, 0.05) is 25.1 Å². The molecule has 0 radical (unpaired) electrons.